The highest BCUT2D eigenvalue weighted by molar-refractivity contribution is 7.10. The number of nitrogens with one attached hydrogen (secondary N) is 1. The van der Waals surface area contributed by atoms with E-state index in [0.29, 0.717) is 12.0 Å². The minimum atomic E-state index is -0.948. The molecule has 5 heteroatoms. The molecule has 2 N–H and O–H groups in total. The van der Waals surface area contributed by atoms with Gasteiger partial charge in [-0.3, -0.25) is 4.79 Å². The zero-order chi connectivity index (χ0) is 14.5. The number of hydrogen-bond acceptors (Lipinski definition) is 3. The molecule has 0 aromatic carbocycles. The smallest absolute Gasteiger partial charge is 0.326 e. The topological polar surface area (TPSA) is 66.4 Å². The van der Waals surface area contributed by atoms with Crippen molar-refractivity contribution in [1.82, 2.24) is 5.32 Å². The second kappa shape index (κ2) is 6.88. The zero-order valence-electron chi connectivity index (χ0n) is 11.8. The van der Waals surface area contributed by atoms with E-state index in [1.165, 1.54) is 11.3 Å². The van der Waals surface area contributed by atoms with E-state index in [0.717, 1.165) is 37.7 Å². The first kappa shape index (κ1) is 15.0. The van der Waals surface area contributed by atoms with Crippen LogP contribution in [0.3, 0.4) is 0 Å². The number of fused-ring (bicyclic) bond motifs is 1. The first-order chi connectivity index (χ1) is 9.63. The van der Waals surface area contributed by atoms with Crippen LogP contribution >= 0.6 is 11.3 Å². The fourth-order valence-corrected chi connectivity index (χ4v) is 3.71. The van der Waals surface area contributed by atoms with Crippen molar-refractivity contribution in [3.05, 3.63) is 21.4 Å². The molecule has 0 bridgehead atoms. The average Bonchev–Trinajstić information content (AvgIpc) is 2.87. The number of rotatable bonds is 6. The molecule has 1 amide bonds. The fourth-order valence-electron chi connectivity index (χ4n) is 2.59. The van der Waals surface area contributed by atoms with E-state index < -0.39 is 12.0 Å². The largest absolute Gasteiger partial charge is 0.480 e. The van der Waals surface area contributed by atoms with E-state index in [1.54, 1.807) is 11.3 Å². The molecule has 1 atom stereocenters. The maximum Gasteiger partial charge on any atom is 0.326 e. The van der Waals surface area contributed by atoms with Crippen LogP contribution < -0.4 is 5.32 Å². The van der Waals surface area contributed by atoms with E-state index >= 15 is 0 Å². The van der Waals surface area contributed by atoms with Crippen molar-refractivity contribution >= 4 is 23.2 Å². The standard InChI is InChI=1S/C15H21NO3S/c1-2-3-7-12(15(18)19)16-14(17)11-9-20-13-8-5-4-6-10(11)13/h9,12H,2-8H2,1H3,(H,16,17)(H,18,19). The number of thiophene rings is 1. The predicted octanol–water partition coefficient (Wildman–Crippen LogP) is 3.00. The predicted molar refractivity (Wildman–Crippen MR) is 79.4 cm³/mol. The Hall–Kier alpha value is -1.36. The maximum atomic E-state index is 12.3. The van der Waals surface area contributed by atoms with Gasteiger partial charge in [0, 0.05) is 10.3 Å². The molecule has 0 aliphatic heterocycles. The summed E-state index contributed by atoms with van der Waals surface area (Å²) in [5, 5.41) is 13.7. The SMILES string of the molecule is CCCCC(NC(=O)c1csc2c1CCCC2)C(=O)O. The number of aliphatic carboxylic acids is 1. The van der Waals surface area contributed by atoms with Crippen molar-refractivity contribution in [3.8, 4) is 0 Å². The Morgan fingerprint density at radius 1 is 1.40 bits per heavy atom. The molecule has 1 aliphatic rings. The average molecular weight is 295 g/mol. The van der Waals surface area contributed by atoms with Crippen molar-refractivity contribution in [2.75, 3.05) is 0 Å². The van der Waals surface area contributed by atoms with Gasteiger partial charge in [-0.1, -0.05) is 19.8 Å². The quantitative estimate of drug-likeness (QED) is 0.848. The Morgan fingerprint density at radius 3 is 2.85 bits per heavy atom. The van der Waals surface area contributed by atoms with Crippen molar-refractivity contribution in [3.63, 3.8) is 0 Å². The van der Waals surface area contributed by atoms with E-state index in [4.69, 9.17) is 0 Å². The lowest BCUT2D eigenvalue weighted by molar-refractivity contribution is -0.139. The molecule has 0 saturated heterocycles. The molecule has 1 aromatic rings. The van der Waals surface area contributed by atoms with Crippen LogP contribution in [-0.2, 0) is 17.6 Å². The lowest BCUT2D eigenvalue weighted by Crippen LogP contribution is -2.41. The minimum absolute atomic E-state index is 0.229. The summed E-state index contributed by atoms with van der Waals surface area (Å²) in [6.07, 6.45) is 6.50. The molecule has 1 unspecified atom stereocenters. The highest BCUT2D eigenvalue weighted by Gasteiger charge is 2.24. The third-order valence-corrected chi connectivity index (χ3v) is 4.84. The molecule has 0 saturated carbocycles. The summed E-state index contributed by atoms with van der Waals surface area (Å²) in [5.74, 6) is -1.18. The molecule has 1 heterocycles. The van der Waals surface area contributed by atoms with E-state index in [1.807, 2.05) is 12.3 Å². The molecule has 20 heavy (non-hydrogen) atoms. The van der Waals surface area contributed by atoms with Crippen LogP contribution in [0.1, 0.15) is 59.8 Å². The van der Waals surface area contributed by atoms with Gasteiger partial charge in [-0.2, -0.15) is 0 Å². The van der Waals surface area contributed by atoms with E-state index in [9.17, 15) is 14.7 Å². The number of carbonyl (C=O) groups excluding carboxylic acids is 1. The number of aryl methyl sites for hydroxylation is 1. The van der Waals surface area contributed by atoms with Crippen LogP contribution in [0, 0.1) is 0 Å². The van der Waals surface area contributed by atoms with Gasteiger partial charge < -0.3 is 10.4 Å². The van der Waals surface area contributed by atoms with Gasteiger partial charge in [0.2, 0.25) is 0 Å². The number of carbonyl (C=O) groups is 2. The molecule has 0 fully saturated rings. The molecule has 1 aliphatic carbocycles. The Morgan fingerprint density at radius 2 is 2.15 bits per heavy atom. The van der Waals surface area contributed by atoms with Crippen LogP contribution in [0.25, 0.3) is 0 Å². The Balaban J connectivity index is 2.06. The summed E-state index contributed by atoms with van der Waals surface area (Å²) in [4.78, 5) is 24.8. The molecular formula is C15H21NO3S. The van der Waals surface area contributed by atoms with Crippen LogP contribution in [-0.4, -0.2) is 23.0 Å². The highest BCUT2D eigenvalue weighted by atomic mass is 32.1. The number of amides is 1. The van der Waals surface area contributed by atoms with Gasteiger partial charge in [-0.15, -0.1) is 11.3 Å². The molecular weight excluding hydrogens is 274 g/mol. The molecule has 110 valence electrons. The third kappa shape index (κ3) is 3.39. The first-order valence-electron chi connectivity index (χ1n) is 7.26. The summed E-state index contributed by atoms with van der Waals surface area (Å²) in [6, 6.07) is -0.776. The molecule has 4 nitrogen and oxygen atoms in total. The summed E-state index contributed by atoms with van der Waals surface area (Å²) < 4.78 is 0. The number of carboxylic acid groups (broad SMARTS) is 1. The van der Waals surface area contributed by atoms with E-state index in [2.05, 4.69) is 5.32 Å². The van der Waals surface area contributed by atoms with Gasteiger partial charge in [0.25, 0.3) is 5.91 Å². The van der Waals surface area contributed by atoms with Crippen LogP contribution in [0.4, 0.5) is 0 Å². The maximum absolute atomic E-state index is 12.3. The fraction of sp³-hybridized carbons (Fsp3) is 0.600. The number of hydrogen-bond donors (Lipinski definition) is 2. The number of unbranched alkanes of at least 4 members (excludes halogenated alkanes) is 1. The molecule has 0 radical (unpaired) electrons. The van der Waals surface area contributed by atoms with Crippen molar-refractivity contribution in [2.24, 2.45) is 0 Å². The van der Waals surface area contributed by atoms with Gasteiger partial charge >= 0.3 is 5.97 Å². The summed E-state index contributed by atoms with van der Waals surface area (Å²) in [7, 11) is 0. The van der Waals surface area contributed by atoms with Crippen LogP contribution in [0.15, 0.2) is 5.38 Å². The Kier molecular flexibility index (Phi) is 5.17. The molecule has 1 aromatic heterocycles. The van der Waals surface area contributed by atoms with Gasteiger partial charge in [-0.25, -0.2) is 4.79 Å². The van der Waals surface area contributed by atoms with Crippen LogP contribution in [0.5, 0.6) is 0 Å². The summed E-state index contributed by atoms with van der Waals surface area (Å²) in [5.41, 5.74) is 1.82. The Labute approximate surface area is 123 Å². The van der Waals surface area contributed by atoms with Crippen molar-refractivity contribution in [1.29, 1.82) is 0 Å². The highest BCUT2D eigenvalue weighted by Crippen LogP contribution is 2.30. The second-order valence-corrected chi connectivity index (χ2v) is 6.23. The summed E-state index contributed by atoms with van der Waals surface area (Å²) >= 11 is 1.63. The van der Waals surface area contributed by atoms with E-state index in [-0.39, 0.29) is 5.91 Å². The van der Waals surface area contributed by atoms with Crippen LogP contribution in [0.2, 0.25) is 0 Å². The van der Waals surface area contributed by atoms with Gasteiger partial charge in [0.1, 0.15) is 6.04 Å². The van der Waals surface area contributed by atoms with Gasteiger partial charge in [0.15, 0.2) is 0 Å². The van der Waals surface area contributed by atoms with Crippen molar-refractivity contribution in [2.45, 2.75) is 57.9 Å². The van der Waals surface area contributed by atoms with Gasteiger partial charge in [-0.05, 0) is 37.7 Å². The zero-order valence-corrected chi connectivity index (χ0v) is 12.6. The monoisotopic (exact) mass is 295 g/mol. The lowest BCUT2D eigenvalue weighted by Gasteiger charge is -2.16. The second-order valence-electron chi connectivity index (χ2n) is 5.26. The Bertz CT molecular complexity index is 495. The third-order valence-electron chi connectivity index (χ3n) is 3.76. The minimum Gasteiger partial charge on any atom is -0.480 e. The number of carboxylic acids is 1. The molecule has 0 spiro atoms. The normalized spacial score (nSPS) is 15.4. The lowest BCUT2D eigenvalue weighted by atomic mass is 9.95. The first-order valence-corrected chi connectivity index (χ1v) is 8.14. The van der Waals surface area contributed by atoms with Crippen molar-refractivity contribution < 1.29 is 14.7 Å². The van der Waals surface area contributed by atoms with Gasteiger partial charge in [0.05, 0.1) is 5.56 Å². The summed E-state index contributed by atoms with van der Waals surface area (Å²) in [6.45, 7) is 2.01. The molecule has 2 rings (SSSR count).